The van der Waals surface area contributed by atoms with Crippen LogP contribution in [0.5, 0.6) is 0 Å². The topological polar surface area (TPSA) is 71.3 Å². The van der Waals surface area contributed by atoms with Crippen molar-refractivity contribution >= 4 is 29.3 Å². The van der Waals surface area contributed by atoms with E-state index in [1.165, 1.54) is 0 Å². The number of carbonyl (C=O) groups excluding carboxylic acids is 2. The van der Waals surface area contributed by atoms with E-state index in [9.17, 15) is 9.59 Å². The van der Waals surface area contributed by atoms with Crippen LogP contribution in [-0.4, -0.2) is 11.8 Å². The highest BCUT2D eigenvalue weighted by Gasteiger charge is 2.25. The summed E-state index contributed by atoms with van der Waals surface area (Å²) in [6.07, 6.45) is 4.61. The van der Waals surface area contributed by atoms with Crippen LogP contribution in [0.1, 0.15) is 40.9 Å². The molecular formula is C24H24N2O3S. The molecule has 2 N–H and O–H groups in total. The molecule has 6 heteroatoms. The molecule has 154 valence electrons. The van der Waals surface area contributed by atoms with Gasteiger partial charge in [-0.15, -0.1) is 11.8 Å². The minimum Gasteiger partial charge on any atom is -0.459 e. The summed E-state index contributed by atoms with van der Waals surface area (Å²) >= 11 is 1.66. The quantitative estimate of drug-likeness (QED) is 0.489. The molecule has 0 unspecified atom stereocenters. The summed E-state index contributed by atoms with van der Waals surface area (Å²) < 4.78 is 5.44. The second-order valence-electron chi connectivity index (χ2n) is 7.38. The number of benzene rings is 2. The maximum Gasteiger partial charge on any atom is 0.287 e. The van der Waals surface area contributed by atoms with Gasteiger partial charge in [-0.3, -0.25) is 9.59 Å². The van der Waals surface area contributed by atoms with Crippen molar-refractivity contribution in [2.75, 3.05) is 5.32 Å². The summed E-state index contributed by atoms with van der Waals surface area (Å²) in [4.78, 5) is 25.9. The highest BCUT2D eigenvalue weighted by molar-refractivity contribution is 7.98. The monoisotopic (exact) mass is 420 g/mol. The normalized spacial score (nSPS) is 13.5. The molecule has 0 radical (unpaired) electrons. The van der Waals surface area contributed by atoms with Gasteiger partial charge in [0.05, 0.1) is 6.26 Å². The van der Waals surface area contributed by atoms with E-state index in [0.717, 1.165) is 41.0 Å². The van der Waals surface area contributed by atoms with Gasteiger partial charge in [0.2, 0.25) is 5.91 Å². The van der Waals surface area contributed by atoms with Crippen LogP contribution in [0.3, 0.4) is 0 Å². The Balaban J connectivity index is 1.32. The Labute approximate surface area is 180 Å². The van der Waals surface area contributed by atoms with Gasteiger partial charge in [0.1, 0.15) is 0 Å². The van der Waals surface area contributed by atoms with Gasteiger partial charge < -0.3 is 15.1 Å². The molecule has 2 amide bonds. The fraction of sp³-hybridized carbons (Fsp3) is 0.250. The van der Waals surface area contributed by atoms with Crippen LogP contribution in [0.25, 0.3) is 0 Å². The summed E-state index contributed by atoms with van der Waals surface area (Å²) in [7, 11) is 0. The molecule has 0 bridgehead atoms. The van der Waals surface area contributed by atoms with Gasteiger partial charge in [-0.05, 0) is 48.7 Å². The number of amides is 2. The molecule has 5 nitrogen and oxygen atoms in total. The van der Waals surface area contributed by atoms with Crippen molar-refractivity contribution < 1.29 is 14.0 Å². The summed E-state index contributed by atoms with van der Waals surface area (Å²) in [6, 6.07) is 19.5. The zero-order valence-corrected chi connectivity index (χ0v) is 17.4. The van der Waals surface area contributed by atoms with E-state index in [-0.39, 0.29) is 17.7 Å². The lowest BCUT2D eigenvalue weighted by Crippen LogP contribution is -2.28. The van der Waals surface area contributed by atoms with Gasteiger partial charge in [0, 0.05) is 34.4 Å². The molecule has 1 aromatic heterocycles. The van der Waals surface area contributed by atoms with E-state index in [1.807, 2.05) is 60.7 Å². The predicted octanol–water partition coefficient (Wildman–Crippen LogP) is 5.24. The lowest BCUT2D eigenvalue weighted by atomic mass is 9.85. The average Bonchev–Trinajstić information content (AvgIpc) is 3.19. The second-order valence-corrected chi connectivity index (χ2v) is 8.43. The van der Waals surface area contributed by atoms with Crippen molar-refractivity contribution in [1.82, 2.24) is 5.32 Å². The van der Waals surface area contributed by atoms with Crippen LogP contribution in [0.2, 0.25) is 0 Å². The maximum atomic E-state index is 12.6. The van der Waals surface area contributed by atoms with Crippen molar-refractivity contribution in [3.05, 3.63) is 83.8 Å². The molecular weight excluding hydrogens is 396 g/mol. The zero-order valence-electron chi connectivity index (χ0n) is 16.6. The summed E-state index contributed by atoms with van der Waals surface area (Å²) in [6.45, 7) is 0.359. The van der Waals surface area contributed by atoms with E-state index >= 15 is 0 Å². The Morgan fingerprint density at radius 2 is 1.87 bits per heavy atom. The van der Waals surface area contributed by atoms with Crippen LogP contribution in [-0.2, 0) is 17.1 Å². The van der Waals surface area contributed by atoms with E-state index in [4.69, 9.17) is 4.42 Å². The Hall–Kier alpha value is -2.99. The molecule has 1 heterocycles. The lowest BCUT2D eigenvalue weighted by molar-refractivity contribution is -0.122. The number of furan rings is 1. The Morgan fingerprint density at radius 3 is 2.63 bits per heavy atom. The number of rotatable bonds is 8. The molecule has 2 aromatic carbocycles. The van der Waals surface area contributed by atoms with Gasteiger partial charge in [-0.25, -0.2) is 0 Å². The van der Waals surface area contributed by atoms with Crippen LogP contribution < -0.4 is 10.6 Å². The molecule has 3 aromatic rings. The van der Waals surface area contributed by atoms with Crippen LogP contribution in [0.4, 0.5) is 5.69 Å². The van der Waals surface area contributed by atoms with Crippen molar-refractivity contribution in [2.24, 2.45) is 5.92 Å². The second kappa shape index (κ2) is 9.67. The number of nitrogens with one attached hydrogen (secondary N) is 2. The Kier molecular flexibility index (Phi) is 6.54. The molecule has 1 aliphatic rings. The minimum absolute atomic E-state index is 0.0820. The third-order valence-corrected chi connectivity index (χ3v) is 6.27. The summed E-state index contributed by atoms with van der Waals surface area (Å²) in [5.41, 5.74) is 2.54. The predicted molar refractivity (Wildman–Crippen MR) is 118 cm³/mol. The Bertz CT molecular complexity index is 1010. The van der Waals surface area contributed by atoms with Gasteiger partial charge >= 0.3 is 0 Å². The first-order valence-electron chi connectivity index (χ1n) is 10.1. The zero-order chi connectivity index (χ0) is 20.8. The summed E-state index contributed by atoms with van der Waals surface area (Å²) in [5.74, 6) is 0.977. The molecule has 0 spiro atoms. The number of hydrogen-bond acceptors (Lipinski definition) is 4. The van der Waals surface area contributed by atoms with Crippen molar-refractivity contribution in [3.8, 4) is 0 Å². The molecule has 1 saturated carbocycles. The molecule has 4 rings (SSSR count). The van der Waals surface area contributed by atoms with Crippen LogP contribution >= 0.6 is 11.8 Å². The first-order chi connectivity index (χ1) is 14.7. The van der Waals surface area contributed by atoms with E-state index < -0.39 is 0 Å². The fourth-order valence-electron chi connectivity index (χ4n) is 3.26. The Morgan fingerprint density at radius 1 is 1.03 bits per heavy atom. The molecule has 1 aliphatic carbocycles. The first kappa shape index (κ1) is 20.3. The standard InChI is InChI=1S/C24H24N2O3S/c27-23(18-7-5-8-18)26-20-9-4-6-17(14-20)15-25-24(28)22-19(12-13-29-22)16-30-21-10-2-1-3-11-21/h1-4,6,9-14,18H,5,7-8,15-16H2,(H,25,28)(H,26,27). The van der Waals surface area contributed by atoms with Crippen LogP contribution in [0, 0.1) is 5.92 Å². The van der Waals surface area contributed by atoms with E-state index in [2.05, 4.69) is 10.6 Å². The van der Waals surface area contributed by atoms with Crippen LogP contribution in [0.15, 0.2) is 76.2 Å². The van der Waals surface area contributed by atoms with Gasteiger partial charge in [-0.1, -0.05) is 36.8 Å². The SMILES string of the molecule is O=C(NCc1cccc(NC(=O)C2CCC2)c1)c1occc1CSc1ccccc1. The lowest BCUT2D eigenvalue weighted by Gasteiger charge is -2.24. The highest BCUT2D eigenvalue weighted by Crippen LogP contribution is 2.28. The maximum absolute atomic E-state index is 12.6. The molecule has 1 fully saturated rings. The smallest absolute Gasteiger partial charge is 0.287 e. The van der Waals surface area contributed by atoms with E-state index in [0.29, 0.717) is 18.1 Å². The highest BCUT2D eigenvalue weighted by atomic mass is 32.2. The third kappa shape index (κ3) is 5.13. The number of carbonyl (C=O) groups is 2. The fourth-order valence-corrected chi connectivity index (χ4v) is 4.16. The van der Waals surface area contributed by atoms with Gasteiger partial charge in [0.15, 0.2) is 5.76 Å². The number of thioether (sulfide) groups is 1. The number of anilines is 1. The molecule has 0 atom stereocenters. The number of hydrogen-bond donors (Lipinski definition) is 2. The molecule has 0 saturated heterocycles. The third-order valence-electron chi connectivity index (χ3n) is 5.21. The van der Waals surface area contributed by atoms with Gasteiger partial charge in [-0.2, -0.15) is 0 Å². The average molecular weight is 421 g/mol. The minimum atomic E-state index is -0.243. The largest absolute Gasteiger partial charge is 0.459 e. The van der Waals surface area contributed by atoms with Crippen molar-refractivity contribution in [2.45, 2.75) is 36.5 Å². The van der Waals surface area contributed by atoms with E-state index in [1.54, 1.807) is 18.0 Å². The molecule has 30 heavy (non-hydrogen) atoms. The van der Waals surface area contributed by atoms with Gasteiger partial charge in [0.25, 0.3) is 5.91 Å². The van der Waals surface area contributed by atoms with Crippen molar-refractivity contribution in [3.63, 3.8) is 0 Å². The van der Waals surface area contributed by atoms with Crippen molar-refractivity contribution in [1.29, 1.82) is 0 Å². The summed E-state index contributed by atoms with van der Waals surface area (Å²) in [5, 5.41) is 5.88. The first-order valence-corrected chi connectivity index (χ1v) is 11.1. The molecule has 0 aliphatic heterocycles.